The maximum absolute atomic E-state index is 14.1. The van der Waals surface area contributed by atoms with Crippen molar-refractivity contribution in [1.29, 1.82) is 0 Å². The molecule has 3 N–H and O–H groups in total. The number of aromatic nitrogens is 1. The van der Waals surface area contributed by atoms with E-state index in [4.69, 9.17) is 24.0 Å². The number of hydrogen-bond donors (Lipinski definition) is 3. The van der Waals surface area contributed by atoms with Crippen molar-refractivity contribution in [2.24, 2.45) is 0 Å². The van der Waals surface area contributed by atoms with Crippen molar-refractivity contribution in [2.75, 3.05) is 33.1 Å². The normalized spacial score (nSPS) is 19.3. The van der Waals surface area contributed by atoms with E-state index >= 15 is 0 Å². The number of halogens is 2. The van der Waals surface area contributed by atoms with Crippen LogP contribution in [-0.4, -0.2) is 87.4 Å². The zero-order valence-electron chi connectivity index (χ0n) is 23.1. The van der Waals surface area contributed by atoms with Gasteiger partial charge in [0.2, 0.25) is 18.0 Å². The van der Waals surface area contributed by atoms with Crippen molar-refractivity contribution < 1.29 is 56.3 Å². The minimum Gasteiger partial charge on any atom is -0.451 e. The summed E-state index contributed by atoms with van der Waals surface area (Å²) in [5.41, 5.74) is -1.56. The van der Waals surface area contributed by atoms with Crippen LogP contribution in [0.25, 0.3) is 0 Å². The number of benzene rings is 1. The largest absolute Gasteiger partial charge is 0.511 e. The van der Waals surface area contributed by atoms with E-state index in [9.17, 15) is 32.5 Å². The second-order valence-corrected chi connectivity index (χ2v) is 11.5. The third-order valence-electron chi connectivity index (χ3n) is 7.48. The molecule has 5 rings (SSSR count). The highest BCUT2D eigenvalue weighted by Crippen LogP contribution is 2.36. The molecule has 3 aliphatic heterocycles. The molecule has 2 saturated heterocycles. The van der Waals surface area contributed by atoms with Crippen LogP contribution in [0, 0.1) is 11.6 Å². The molecule has 2 amide bonds. The lowest BCUT2D eigenvalue weighted by Crippen LogP contribution is -2.50. The molecular weight excluding hydrogens is 613 g/mol. The van der Waals surface area contributed by atoms with Gasteiger partial charge in [0.1, 0.15) is 23.4 Å². The highest BCUT2D eigenvalue weighted by atomic mass is 31.2. The molecule has 15 nitrogen and oxygen atoms in total. The number of carbonyl (C=O) groups excluding carboxylic acids is 3. The second-order valence-electron chi connectivity index (χ2n) is 10.3. The van der Waals surface area contributed by atoms with Gasteiger partial charge in [-0.3, -0.25) is 23.8 Å². The Hall–Kier alpha value is -3.89. The maximum atomic E-state index is 14.1. The van der Waals surface area contributed by atoms with Crippen LogP contribution >= 0.6 is 7.82 Å². The molecular formula is C26H29F2N4O11P. The number of pyridine rings is 1. The van der Waals surface area contributed by atoms with E-state index < -0.39 is 67.6 Å². The fraction of sp³-hybridized carbons (Fsp3) is 0.462. The monoisotopic (exact) mass is 642 g/mol. The van der Waals surface area contributed by atoms with Gasteiger partial charge in [-0.1, -0.05) is 6.07 Å². The molecule has 4 heterocycles. The van der Waals surface area contributed by atoms with E-state index in [2.05, 4.69) is 14.7 Å². The van der Waals surface area contributed by atoms with Crippen LogP contribution in [0.5, 0.6) is 5.75 Å². The van der Waals surface area contributed by atoms with E-state index in [1.54, 1.807) is 4.90 Å². The third kappa shape index (κ3) is 6.92. The Balaban J connectivity index is 1.32. The van der Waals surface area contributed by atoms with Crippen molar-refractivity contribution in [3.8, 4) is 5.75 Å². The van der Waals surface area contributed by atoms with Crippen molar-refractivity contribution in [1.82, 2.24) is 19.7 Å². The van der Waals surface area contributed by atoms with E-state index in [0.29, 0.717) is 12.6 Å². The minimum absolute atomic E-state index is 0.0219. The summed E-state index contributed by atoms with van der Waals surface area (Å²) in [5.74, 6) is -3.63. The highest BCUT2D eigenvalue weighted by molar-refractivity contribution is 7.46. The van der Waals surface area contributed by atoms with Crippen molar-refractivity contribution >= 4 is 25.8 Å². The van der Waals surface area contributed by atoms with Gasteiger partial charge in [0.25, 0.3) is 11.8 Å². The summed E-state index contributed by atoms with van der Waals surface area (Å²) in [7, 11) is -4.66. The lowest BCUT2D eigenvalue weighted by atomic mass is 10.1. The topological polar surface area (TPSA) is 186 Å². The first-order valence-electron chi connectivity index (χ1n) is 13.6. The fourth-order valence-electron chi connectivity index (χ4n) is 5.52. The number of rotatable bonds is 11. The van der Waals surface area contributed by atoms with Crippen LogP contribution in [0.4, 0.5) is 13.6 Å². The zero-order valence-corrected chi connectivity index (χ0v) is 24.0. The lowest BCUT2D eigenvalue weighted by molar-refractivity contribution is 0.00139. The summed E-state index contributed by atoms with van der Waals surface area (Å²) in [6.07, 6.45) is 1.52. The molecule has 3 aliphatic rings. The van der Waals surface area contributed by atoms with E-state index in [-0.39, 0.29) is 49.6 Å². The molecule has 2 fully saturated rings. The van der Waals surface area contributed by atoms with Crippen LogP contribution in [0.2, 0.25) is 0 Å². The summed E-state index contributed by atoms with van der Waals surface area (Å²) >= 11 is 0. The number of phosphoric acid groups is 1. The Kier molecular flexibility index (Phi) is 9.31. The Labute approximate surface area is 248 Å². The Morgan fingerprint density at radius 3 is 2.66 bits per heavy atom. The fourth-order valence-corrected chi connectivity index (χ4v) is 5.89. The van der Waals surface area contributed by atoms with Crippen molar-refractivity contribution in [2.45, 2.75) is 44.6 Å². The highest BCUT2D eigenvalue weighted by Gasteiger charge is 2.48. The number of carbonyl (C=O) groups is 3. The van der Waals surface area contributed by atoms with Crippen LogP contribution in [-0.2, 0) is 31.7 Å². The number of phosphoric ester groups is 1. The number of nitrogens with one attached hydrogen (secondary N) is 1. The summed E-state index contributed by atoms with van der Waals surface area (Å²) in [4.78, 5) is 73.3. The van der Waals surface area contributed by atoms with Gasteiger partial charge in [0.05, 0.1) is 19.8 Å². The average Bonchev–Trinajstić information content (AvgIpc) is 3.55. The molecule has 1 aromatic carbocycles. The molecule has 0 spiro atoms. The number of fused-ring (bicyclic) bond motifs is 4. The van der Waals surface area contributed by atoms with Gasteiger partial charge in [-0.15, -0.1) is 0 Å². The second kappa shape index (κ2) is 13.0. The molecule has 0 unspecified atom stereocenters. The molecule has 0 saturated carbocycles. The SMILES string of the molecule is O=C(OCCCOP(=O)(O)O)OCOc1c2n(cc(C(=O)NCc3ccc(F)cc3F)c1=O)C[C@@H]1N(C[C@H]3CCCN31)C2=O. The van der Waals surface area contributed by atoms with Crippen LogP contribution < -0.4 is 15.5 Å². The minimum atomic E-state index is -4.66. The Bertz CT molecular complexity index is 1570. The van der Waals surface area contributed by atoms with E-state index in [1.807, 2.05) is 0 Å². The molecule has 0 radical (unpaired) electrons. The quantitative estimate of drug-likeness (QED) is 0.138. The van der Waals surface area contributed by atoms with E-state index in [1.165, 1.54) is 10.8 Å². The Morgan fingerprint density at radius 1 is 1.11 bits per heavy atom. The number of ether oxygens (including phenoxy) is 3. The Morgan fingerprint density at radius 2 is 1.91 bits per heavy atom. The first kappa shape index (κ1) is 31.5. The first-order valence-corrected chi connectivity index (χ1v) is 15.1. The van der Waals surface area contributed by atoms with Crippen LogP contribution in [0.15, 0.2) is 29.2 Å². The standard InChI is InChI=1S/C26H29F2N4O11P/c27-16-5-4-15(19(28)9-16)10-29-24(34)18-12-30-13-20-31-6-1-3-17(31)11-32(20)25(35)21(30)23(22(18)33)41-14-42-26(36)40-7-2-8-43-44(37,38)39/h4-5,9,12,17,20H,1-3,6-8,10-11,13-14H2,(H,29,34)(H2,37,38,39)/t17-,20+/m1/s1. The third-order valence-corrected chi connectivity index (χ3v) is 8.00. The zero-order chi connectivity index (χ0) is 31.6. The summed E-state index contributed by atoms with van der Waals surface area (Å²) in [6, 6.07) is 3.00. The smallest absolute Gasteiger partial charge is 0.451 e. The van der Waals surface area contributed by atoms with Crippen LogP contribution in [0.3, 0.4) is 0 Å². The molecule has 2 aromatic rings. The van der Waals surface area contributed by atoms with Gasteiger partial charge in [0, 0.05) is 49.9 Å². The molecule has 0 bridgehead atoms. The molecule has 18 heteroatoms. The number of nitrogens with zero attached hydrogens (tertiary/aromatic N) is 3. The van der Waals surface area contributed by atoms with Gasteiger partial charge in [-0.25, -0.2) is 18.1 Å². The number of amides is 2. The first-order chi connectivity index (χ1) is 20.9. The van der Waals surface area contributed by atoms with Crippen LogP contribution in [0.1, 0.15) is 45.7 Å². The van der Waals surface area contributed by atoms with Gasteiger partial charge in [-0.05, 0) is 18.9 Å². The predicted octanol–water partition coefficient (Wildman–Crippen LogP) is 1.31. The predicted molar refractivity (Wildman–Crippen MR) is 143 cm³/mol. The van der Waals surface area contributed by atoms with E-state index in [0.717, 1.165) is 31.5 Å². The molecule has 238 valence electrons. The molecule has 2 atom stereocenters. The summed E-state index contributed by atoms with van der Waals surface area (Å²) < 4.78 is 58.7. The number of hydrogen-bond acceptors (Lipinski definition) is 10. The van der Waals surface area contributed by atoms with Gasteiger partial charge in [-0.2, -0.15) is 0 Å². The molecule has 44 heavy (non-hydrogen) atoms. The molecule has 1 aromatic heterocycles. The van der Waals surface area contributed by atoms with Crippen molar-refractivity contribution in [3.63, 3.8) is 0 Å². The lowest BCUT2D eigenvalue weighted by Gasteiger charge is -2.36. The van der Waals surface area contributed by atoms with Gasteiger partial charge < -0.3 is 38.8 Å². The van der Waals surface area contributed by atoms with Crippen molar-refractivity contribution in [3.05, 3.63) is 63.1 Å². The maximum Gasteiger partial charge on any atom is 0.511 e. The molecule has 0 aliphatic carbocycles. The average molecular weight is 643 g/mol. The summed E-state index contributed by atoms with van der Waals surface area (Å²) in [5, 5.41) is 2.42. The van der Waals surface area contributed by atoms with Gasteiger partial charge >= 0.3 is 14.0 Å². The van der Waals surface area contributed by atoms with Gasteiger partial charge in [0.15, 0.2) is 5.69 Å². The summed E-state index contributed by atoms with van der Waals surface area (Å²) in [6.45, 7) is -0.475.